The lowest BCUT2D eigenvalue weighted by Crippen LogP contribution is -2.23. The molecular weight excluding hydrogens is 336 g/mol. The first kappa shape index (κ1) is 16.0. The molecule has 5 nitrogen and oxygen atoms in total. The second-order valence-corrected chi connectivity index (χ2v) is 6.60. The molecule has 1 aliphatic heterocycles. The van der Waals surface area contributed by atoms with Crippen LogP contribution in [0.4, 0.5) is 5.13 Å². The van der Waals surface area contributed by atoms with Gasteiger partial charge in [-0.2, -0.15) is 0 Å². The monoisotopic (exact) mass is 350 g/mol. The molecule has 23 heavy (non-hydrogen) atoms. The first-order valence-corrected chi connectivity index (χ1v) is 8.50. The summed E-state index contributed by atoms with van der Waals surface area (Å²) in [6.07, 6.45) is 1.45. The van der Waals surface area contributed by atoms with Crippen LogP contribution in [0.2, 0.25) is 5.02 Å². The number of hydrogen-bond donors (Lipinski definition) is 0. The second-order valence-electron chi connectivity index (χ2n) is 5.36. The lowest BCUT2D eigenvalue weighted by atomic mass is 10.2. The normalized spacial score (nSPS) is 14.3. The van der Waals surface area contributed by atoms with E-state index in [0.29, 0.717) is 34.6 Å². The highest BCUT2D eigenvalue weighted by atomic mass is 35.5. The molecule has 0 saturated carbocycles. The topological polar surface area (TPSA) is 59.5 Å². The number of anilines is 1. The Morgan fingerprint density at radius 3 is 3.04 bits per heavy atom. The van der Waals surface area contributed by atoms with Gasteiger partial charge in [-0.05, 0) is 31.0 Å². The maximum atomic E-state index is 12.0. The van der Waals surface area contributed by atoms with Gasteiger partial charge in [-0.25, -0.2) is 4.98 Å². The van der Waals surface area contributed by atoms with E-state index in [1.165, 1.54) is 11.3 Å². The van der Waals surface area contributed by atoms with Gasteiger partial charge in [-0.3, -0.25) is 14.5 Å². The van der Waals surface area contributed by atoms with E-state index in [1.54, 1.807) is 22.4 Å². The first-order valence-electron chi connectivity index (χ1n) is 7.24. The number of rotatable bonds is 4. The smallest absolute Gasteiger partial charge is 0.317 e. The lowest BCUT2D eigenvalue weighted by molar-refractivity contribution is -0.133. The molecule has 0 atom stereocenters. The van der Waals surface area contributed by atoms with Crippen LogP contribution in [0.3, 0.4) is 0 Å². The van der Waals surface area contributed by atoms with Gasteiger partial charge in [0.05, 0.1) is 17.1 Å². The molecule has 2 aromatic rings. The molecule has 1 aliphatic rings. The van der Waals surface area contributed by atoms with Crippen molar-refractivity contribution < 1.29 is 14.3 Å². The number of nitrogens with zero attached hydrogens (tertiary/aromatic N) is 2. The lowest BCUT2D eigenvalue weighted by Gasteiger charge is -2.10. The number of esters is 1. The Balaban J connectivity index is 1.65. The van der Waals surface area contributed by atoms with Gasteiger partial charge in [0.2, 0.25) is 5.91 Å². The zero-order chi connectivity index (χ0) is 16.4. The summed E-state index contributed by atoms with van der Waals surface area (Å²) in [4.78, 5) is 29.8. The minimum Gasteiger partial charge on any atom is -0.425 e. The SMILES string of the molecule is Cc1ccc(Cl)c(OC(=O)Cc2csc(N3CCCC3=O)n2)c1. The van der Waals surface area contributed by atoms with Crippen molar-refractivity contribution in [1.82, 2.24) is 4.98 Å². The molecule has 3 rings (SSSR count). The fraction of sp³-hybridized carbons (Fsp3) is 0.312. The van der Waals surface area contributed by atoms with E-state index >= 15 is 0 Å². The molecule has 0 unspecified atom stereocenters. The molecule has 0 radical (unpaired) electrons. The maximum Gasteiger partial charge on any atom is 0.317 e. The second kappa shape index (κ2) is 6.68. The summed E-state index contributed by atoms with van der Waals surface area (Å²) in [5.41, 5.74) is 1.55. The van der Waals surface area contributed by atoms with Gasteiger partial charge < -0.3 is 4.74 Å². The summed E-state index contributed by atoms with van der Waals surface area (Å²) in [7, 11) is 0. The van der Waals surface area contributed by atoms with Crippen LogP contribution >= 0.6 is 22.9 Å². The number of ether oxygens (including phenoxy) is 1. The molecule has 0 spiro atoms. The van der Waals surface area contributed by atoms with Gasteiger partial charge in [0, 0.05) is 18.3 Å². The zero-order valence-corrected chi connectivity index (χ0v) is 14.1. The van der Waals surface area contributed by atoms with E-state index in [1.807, 2.05) is 13.0 Å². The van der Waals surface area contributed by atoms with Crippen molar-refractivity contribution in [3.8, 4) is 5.75 Å². The molecular formula is C16H15ClN2O3S. The number of benzene rings is 1. The van der Waals surface area contributed by atoms with Crippen LogP contribution in [-0.4, -0.2) is 23.4 Å². The van der Waals surface area contributed by atoms with Gasteiger partial charge in [-0.1, -0.05) is 17.7 Å². The third-order valence-corrected chi connectivity index (χ3v) is 4.70. The van der Waals surface area contributed by atoms with Gasteiger partial charge in [0.1, 0.15) is 5.75 Å². The molecule has 1 saturated heterocycles. The number of carbonyl (C=O) groups excluding carboxylic acids is 2. The van der Waals surface area contributed by atoms with E-state index < -0.39 is 5.97 Å². The molecule has 2 heterocycles. The van der Waals surface area contributed by atoms with Crippen LogP contribution in [0.5, 0.6) is 5.75 Å². The standard InChI is InChI=1S/C16H15ClN2O3S/c1-10-4-5-12(17)13(7-10)22-15(21)8-11-9-23-16(18-11)19-6-2-3-14(19)20/h4-5,7,9H,2-3,6,8H2,1H3. The van der Waals surface area contributed by atoms with E-state index in [0.717, 1.165) is 12.0 Å². The van der Waals surface area contributed by atoms with Crippen LogP contribution in [0.15, 0.2) is 23.6 Å². The largest absolute Gasteiger partial charge is 0.425 e. The summed E-state index contributed by atoms with van der Waals surface area (Å²) in [5, 5.41) is 2.81. The summed E-state index contributed by atoms with van der Waals surface area (Å²) in [6.45, 7) is 2.59. The minimum absolute atomic E-state index is 0.0444. The summed E-state index contributed by atoms with van der Waals surface area (Å²) in [6, 6.07) is 5.26. The molecule has 120 valence electrons. The molecule has 1 amide bonds. The number of halogens is 1. The Labute approximate surface area is 142 Å². The number of amides is 1. The van der Waals surface area contributed by atoms with Gasteiger partial charge >= 0.3 is 5.97 Å². The summed E-state index contributed by atoms with van der Waals surface area (Å²) in [5.74, 6) is 0.00366. The van der Waals surface area contributed by atoms with Crippen molar-refractivity contribution in [3.05, 3.63) is 39.9 Å². The van der Waals surface area contributed by atoms with Gasteiger partial charge in [0.15, 0.2) is 5.13 Å². The first-order chi connectivity index (χ1) is 11.0. The molecule has 1 fully saturated rings. The van der Waals surface area contributed by atoms with Gasteiger partial charge in [-0.15, -0.1) is 11.3 Å². The summed E-state index contributed by atoms with van der Waals surface area (Å²) < 4.78 is 5.30. The molecule has 7 heteroatoms. The highest BCUT2D eigenvalue weighted by Crippen LogP contribution is 2.27. The fourth-order valence-electron chi connectivity index (χ4n) is 2.35. The molecule has 0 aliphatic carbocycles. The van der Waals surface area contributed by atoms with Crippen LogP contribution < -0.4 is 9.64 Å². The van der Waals surface area contributed by atoms with E-state index in [2.05, 4.69) is 4.98 Å². The van der Waals surface area contributed by atoms with Crippen LogP contribution in [0, 0.1) is 6.92 Å². The average molecular weight is 351 g/mol. The minimum atomic E-state index is -0.429. The summed E-state index contributed by atoms with van der Waals surface area (Å²) >= 11 is 7.38. The Bertz CT molecular complexity index is 760. The average Bonchev–Trinajstić information content (AvgIpc) is 3.11. The highest BCUT2D eigenvalue weighted by Gasteiger charge is 2.24. The van der Waals surface area contributed by atoms with Crippen LogP contribution in [0.25, 0.3) is 0 Å². The van der Waals surface area contributed by atoms with Crippen molar-refractivity contribution in [2.24, 2.45) is 0 Å². The van der Waals surface area contributed by atoms with E-state index in [-0.39, 0.29) is 12.3 Å². The van der Waals surface area contributed by atoms with Crippen molar-refractivity contribution in [2.75, 3.05) is 11.4 Å². The Hall–Kier alpha value is -1.92. The van der Waals surface area contributed by atoms with E-state index in [9.17, 15) is 9.59 Å². The predicted octanol–water partition coefficient (Wildman–Crippen LogP) is 3.38. The van der Waals surface area contributed by atoms with Crippen LogP contribution in [0.1, 0.15) is 24.1 Å². The number of aryl methyl sites for hydroxylation is 1. The molecule has 1 aromatic heterocycles. The number of hydrogen-bond acceptors (Lipinski definition) is 5. The Morgan fingerprint density at radius 2 is 2.30 bits per heavy atom. The van der Waals surface area contributed by atoms with Crippen molar-refractivity contribution in [2.45, 2.75) is 26.2 Å². The Morgan fingerprint density at radius 1 is 1.48 bits per heavy atom. The molecule has 0 N–H and O–H groups in total. The number of aromatic nitrogens is 1. The van der Waals surface area contributed by atoms with Gasteiger partial charge in [0.25, 0.3) is 0 Å². The third kappa shape index (κ3) is 3.71. The maximum absolute atomic E-state index is 12.0. The number of carbonyl (C=O) groups is 2. The molecule has 1 aromatic carbocycles. The van der Waals surface area contributed by atoms with Crippen molar-refractivity contribution in [1.29, 1.82) is 0 Å². The highest BCUT2D eigenvalue weighted by molar-refractivity contribution is 7.14. The molecule has 0 bridgehead atoms. The quantitative estimate of drug-likeness (QED) is 0.626. The van der Waals surface area contributed by atoms with Crippen molar-refractivity contribution >= 4 is 39.9 Å². The fourth-order valence-corrected chi connectivity index (χ4v) is 3.37. The third-order valence-electron chi connectivity index (χ3n) is 3.48. The van der Waals surface area contributed by atoms with E-state index in [4.69, 9.17) is 16.3 Å². The van der Waals surface area contributed by atoms with Crippen molar-refractivity contribution in [3.63, 3.8) is 0 Å². The van der Waals surface area contributed by atoms with Crippen LogP contribution in [-0.2, 0) is 16.0 Å². The Kier molecular flexibility index (Phi) is 4.63. The zero-order valence-electron chi connectivity index (χ0n) is 12.5. The predicted molar refractivity (Wildman–Crippen MR) is 89.2 cm³/mol. The number of thiazole rings is 1.